The molecule has 20 heavy (non-hydrogen) atoms. The van der Waals surface area contributed by atoms with Crippen LogP contribution in [0.15, 0.2) is 29.6 Å². The highest BCUT2D eigenvalue weighted by molar-refractivity contribution is 7.12. The fourth-order valence-corrected chi connectivity index (χ4v) is 2.36. The minimum absolute atomic E-state index is 0.0991. The van der Waals surface area contributed by atoms with Gasteiger partial charge in [0.05, 0.1) is 18.4 Å². The summed E-state index contributed by atoms with van der Waals surface area (Å²) in [6.07, 6.45) is 0. The Morgan fingerprint density at radius 3 is 2.75 bits per heavy atom. The second kappa shape index (κ2) is 5.70. The van der Waals surface area contributed by atoms with Crippen LogP contribution in [0, 0.1) is 5.82 Å². The van der Waals surface area contributed by atoms with Crippen molar-refractivity contribution in [3.05, 3.63) is 45.9 Å². The van der Waals surface area contributed by atoms with E-state index in [1.807, 2.05) is 0 Å². The van der Waals surface area contributed by atoms with Crippen LogP contribution < -0.4 is 10.1 Å². The van der Waals surface area contributed by atoms with E-state index in [2.05, 4.69) is 5.32 Å². The molecule has 0 atom stereocenters. The second-order valence-corrected chi connectivity index (χ2v) is 4.68. The molecule has 0 aliphatic heterocycles. The van der Waals surface area contributed by atoms with Gasteiger partial charge < -0.3 is 15.2 Å². The first-order valence-electron chi connectivity index (χ1n) is 5.48. The van der Waals surface area contributed by atoms with Crippen molar-refractivity contribution < 1.29 is 23.8 Å². The predicted octanol–water partition coefficient (Wildman–Crippen LogP) is 2.85. The molecule has 1 aromatic heterocycles. The SMILES string of the molecule is COc1ccsc1C(=O)Nc1cc(F)ccc1C(=O)O. The molecule has 1 heterocycles. The summed E-state index contributed by atoms with van der Waals surface area (Å²) in [5, 5.41) is 13.0. The molecule has 0 aliphatic carbocycles. The van der Waals surface area contributed by atoms with Crippen molar-refractivity contribution >= 4 is 28.9 Å². The number of anilines is 1. The van der Waals surface area contributed by atoms with Crippen molar-refractivity contribution in [2.24, 2.45) is 0 Å². The lowest BCUT2D eigenvalue weighted by Gasteiger charge is -2.08. The van der Waals surface area contributed by atoms with Crippen LogP contribution >= 0.6 is 11.3 Å². The molecule has 0 saturated heterocycles. The van der Waals surface area contributed by atoms with Gasteiger partial charge in [-0.1, -0.05) is 0 Å². The van der Waals surface area contributed by atoms with E-state index in [9.17, 15) is 14.0 Å². The fraction of sp³-hybridized carbons (Fsp3) is 0.0769. The molecule has 0 bridgehead atoms. The van der Waals surface area contributed by atoms with E-state index in [1.54, 1.807) is 11.4 Å². The average Bonchev–Trinajstić information content (AvgIpc) is 2.86. The molecular formula is C13H10FNO4S. The number of carbonyl (C=O) groups is 2. The van der Waals surface area contributed by atoms with Gasteiger partial charge in [0.15, 0.2) is 0 Å². The number of nitrogens with one attached hydrogen (secondary N) is 1. The van der Waals surface area contributed by atoms with Gasteiger partial charge in [-0.15, -0.1) is 11.3 Å². The van der Waals surface area contributed by atoms with Crippen LogP contribution in [-0.2, 0) is 0 Å². The van der Waals surface area contributed by atoms with Gasteiger partial charge in [0.2, 0.25) is 0 Å². The first kappa shape index (κ1) is 14.0. The lowest BCUT2D eigenvalue weighted by molar-refractivity contribution is 0.0698. The molecule has 1 amide bonds. The van der Waals surface area contributed by atoms with E-state index < -0.39 is 17.7 Å². The van der Waals surface area contributed by atoms with E-state index in [1.165, 1.54) is 7.11 Å². The number of carboxylic acids is 1. The Bertz CT molecular complexity index is 668. The molecule has 0 spiro atoms. The van der Waals surface area contributed by atoms with Crippen LogP contribution in [0.25, 0.3) is 0 Å². The van der Waals surface area contributed by atoms with Gasteiger partial charge in [0.1, 0.15) is 16.4 Å². The first-order chi connectivity index (χ1) is 9.52. The zero-order chi connectivity index (χ0) is 14.7. The Morgan fingerprint density at radius 1 is 1.35 bits per heavy atom. The first-order valence-corrected chi connectivity index (χ1v) is 6.36. The minimum atomic E-state index is -1.25. The number of benzene rings is 1. The third-order valence-corrected chi connectivity index (χ3v) is 3.41. The molecule has 5 nitrogen and oxygen atoms in total. The summed E-state index contributed by atoms with van der Waals surface area (Å²) in [6, 6.07) is 4.69. The summed E-state index contributed by atoms with van der Waals surface area (Å²) < 4.78 is 18.2. The number of rotatable bonds is 4. The van der Waals surface area contributed by atoms with Crippen molar-refractivity contribution in [1.29, 1.82) is 0 Å². The minimum Gasteiger partial charge on any atom is -0.495 e. The van der Waals surface area contributed by atoms with Gasteiger partial charge in [0, 0.05) is 0 Å². The number of halogens is 1. The van der Waals surface area contributed by atoms with E-state index in [-0.39, 0.29) is 16.1 Å². The Labute approximate surface area is 117 Å². The summed E-state index contributed by atoms with van der Waals surface area (Å²) in [5.74, 6) is -2.06. The molecule has 0 radical (unpaired) electrons. The fourth-order valence-electron chi connectivity index (χ4n) is 1.61. The van der Waals surface area contributed by atoms with Crippen molar-refractivity contribution in [3.8, 4) is 5.75 Å². The number of carboxylic acid groups (broad SMARTS) is 1. The van der Waals surface area contributed by atoms with Crippen LogP contribution in [0.1, 0.15) is 20.0 Å². The Kier molecular flexibility index (Phi) is 3.99. The quantitative estimate of drug-likeness (QED) is 0.909. The maximum absolute atomic E-state index is 13.2. The molecule has 0 fully saturated rings. The van der Waals surface area contributed by atoms with E-state index in [0.29, 0.717) is 5.75 Å². The number of aromatic carboxylic acids is 1. The molecule has 0 unspecified atom stereocenters. The molecule has 104 valence electrons. The monoisotopic (exact) mass is 295 g/mol. The van der Waals surface area contributed by atoms with E-state index in [4.69, 9.17) is 9.84 Å². The smallest absolute Gasteiger partial charge is 0.337 e. The van der Waals surface area contributed by atoms with Crippen LogP contribution in [0.4, 0.5) is 10.1 Å². The number of hydrogen-bond donors (Lipinski definition) is 2. The number of carbonyl (C=O) groups excluding carboxylic acids is 1. The van der Waals surface area contributed by atoms with Crippen molar-refractivity contribution in [2.75, 3.05) is 12.4 Å². The average molecular weight is 295 g/mol. The van der Waals surface area contributed by atoms with Crippen LogP contribution in [-0.4, -0.2) is 24.1 Å². The molecule has 0 saturated carbocycles. The molecule has 1 aromatic carbocycles. The maximum Gasteiger partial charge on any atom is 0.337 e. The van der Waals surface area contributed by atoms with Crippen molar-refractivity contribution in [2.45, 2.75) is 0 Å². The topological polar surface area (TPSA) is 75.6 Å². The zero-order valence-corrected chi connectivity index (χ0v) is 11.2. The Hall–Kier alpha value is -2.41. The maximum atomic E-state index is 13.2. The lowest BCUT2D eigenvalue weighted by Crippen LogP contribution is -2.14. The molecule has 2 N–H and O–H groups in total. The van der Waals surface area contributed by atoms with Crippen LogP contribution in [0.3, 0.4) is 0 Å². The summed E-state index contributed by atoms with van der Waals surface area (Å²) in [6.45, 7) is 0. The number of hydrogen-bond acceptors (Lipinski definition) is 4. The third kappa shape index (κ3) is 2.77. The molecule has 0 aliphatic rings. The van der Waals surface area contributed by atoms with Crippen LogP contribution in [0.2, 0.25) is 0 Å². The van der Waals surface area contributed by atoms with Gasteiger partial charge in [-0.05, 0) is 29.6 Å². The van der Waals surface area contributed by atoms with Crippen LogP contribution in [0.5, 0.6) is 5.75 Å². The Morgan fingerprint density at radius 2 is 2.10 bits per heavy atom. The molecule has 2 rings (SSSR count). The van der Waals surface area contributed by atoms with E-state index >= 15 is 0 Å². The number of amides is 1. The van der Waals surface area contributed by atoms with Gasteiger partial charge in [-0.2, -0.15) is 0 Å². The number of ether oxygens (including phenoxy) is 1. The van der Waals surface area contributed by atoms with E-state index in [0.717, 1.165) is 29.5 Å². The highest BCUT2D eigenvalue weighted by Crippen LogP contribution is 2.26. The summed E-state index contributed by atoms with van der Waals surface area (Å²) in [5.41, 5.74) is -0.284. The highest BCUT2D eigenvalue weighted by Gasteiger charge is 2.18. The highest BCUT2D eigenvalue weighted by atomic mass is 32.1. The lowest BCUT2D eigenvalue weighted by atomic mass is 10.1. The zero-order valence-electron chi connectivity index (χ0n) is 10.3. The number of thiophene rings is 1. The number of methoxy groups -OCH3 is 1. The Balaban J connectivity index is 2.32. The molecular weight excluding hydrogens is 285 g/mol. The van der Waals surface area contributed by atoms with Gasteiger partial charge in [-0.3, -0.25) is 4.79 Å². The largest absolute Gasteiger partial charge is 0.495 e. The van der Waals surface area contributed by atoms with Crippen molar-refractivity contribution in [3.63, 3.8) is 0 Å². The normalized spacial score (nSPS) is 10.1. The molecule has 2 aromatic rings. The second-order valence-electron chi connectivity index (χ2n) is 3.77. The third-order valence-electron chi connectivity index (χ3n) is 2.52. The standard InChI is InChI=1S/C13H10FNO4S/c1-19-10-4-5-20-11(10)12(16)15-9-6-7(14)2-3-8(9)13(17)18/h2-6H,1H3,(H,15,16)(H,17,18). The summed E-state index contributed by atoms with van der Waals surface area (Å²) >= 11 is 1.14. The van der Waals surface area contributed by atoms with Gasteiger partial charge >= 0.3 is 5.97 Å². The summed E-state index contributed by atoms with van der Waals surface area (Å²) in [7, 11) is 1.42. The molecule has 7 heteroatoms. The predicted molar refractivity (Wildman–Crippen MR) is 72.2 cm³/mol. The van der Waals surface area contributed by atoms with Crippen molar-refractivity contribution in [1.82, 2.24) is 0 Å². The van der Waals surface area contributed by atoms with Gasteiger partial charge in [-0.25, -0.2) is 9.18 Å². The van der Waals surface area contributed by atoms with Gasteiger partial charge in [0.25, 0.3) is 5.91 Å². The summed E-state index contributed by atoms with van der Waals surface area (Å²) in [4.78, 5) is 23.4.